The van der Waals surface area contributed by atoms with Crippen molar-refractivity contribution in [3.05, 3.63) is 12.2 Å². The van der Waals surface area contributed by atoms with E-state index in [-0.39, 0.29) is 41.5 Å². The summed E-state index contributed by atoms with van der Waals surface area (Å²) in [6, 6.07) is 0. The van der Waals surface area contributed by atoms with Crippen LogP contribution >= 0.6 is 0 Å². The fraction of sp³-hybridized carbons (Fsp3) is 0.706. The van der Waals surface area contributed by atoms with Crippen LogP contribution in [0.1, 0.15) is 34.1 Å². The predicted octanol–water partition coefficient (Wildman–Crippen LogP) is 1.90. The van der Waals surface area contributed by atoms with Gasteiger partial charge in [-0.25, -0.2) is 0 Å². The highest BCUT2D eigenvalue weighted by atomic mass is 16.6. The van der Waals surface area contributed by atoms with E-state index in [1.54, 1.807) is 13.0 Å². The molecule has 5 nitrogen and oxygen atoms in total. The zero-order valence-corrected chi connectivity index (χ0v) is 13.4. The topological polar surface area (TPSA) is 69.7 Å². The van der Waals surface area contributed by atoms with Crippen molar-refractivity contribution in [1.82, 2.24) is 0 Å². The fourth-order valence-electron chi connectivity index (χ4n) is 4.61. The number of carbonyl (C=O) groups is 3. The highest BCUT2D eigenvalue weighted by Crippen LogP contribution is 2.54. The van der Waals surface area contributed by atoms with Gasteiger partial charge in [0.1, 0.15) is 12.2 Å². The molecule has 1 unspecified atom stereocenters. The Bertz CT molecular complexity index is 565. The molecular weight excluding hydrogens is 284 g/mol. The van der Waals surface area contributed by atoms with Crippen LogP contribution < -0.4 is 0 Å². The smallest absolute Gasteiger partial charge is 0.309 e. The summed E-state index contributed by atoms with van der Waals surface area (Å²) in [5, 5.41) is 0. The van der Waals surface area contributed by atoms with Gasteiger partial charge in [0, 0.05) is 12.8 Å². The molecule has 120 valence electrons. The summed E-state index contributed by atoms with van der Waals surface area (Å²) in [5.41, 5.74) is -0.813. The molecule has 1 saturated carbocycles. The Morgan fingerprint density at radius 3 is 2.68 bits per heavy atom. The van der Waals surface area contributed by atoms with E-state index in [2.05, 4.69) is 6.92 Å². The number of hydrogen-bond donors (Lipinski definition) is 0. The number of allylic oxidation sites excluding steroid dienone is 2. The van der Waals surface area contributed by atoms with Gasteiger partial charge in [0.25, 0.3) is 0 Å². The van der Waals surface area contributed by atoms with Gasteiger partial charge in [-0.05, 0) is 31.3 Å². The molecule has 1 saturated heterocycles. The summed E-state index contributed by atoms with van der Waals surface area (Å²) in [7, 11) is 0. The normalized spacial score (nSPS) is 46.7. The second-order valence-electron chi connectivity index (χ2n) is 7.12. The largest absolute Gasteiger partial charge is 0.462 e. The molecule has 1 aliphatic heterocycles. The summed E-state index contributed by atoms with van der Waals surface area (Å²) < 4.78 is 11.1. The number of carbonyl (C=O) groups excluding carboxylic acids is 3. The molecule has 3 rings (SSSR count). The lowest BCUT2D eigenvalue weighted by molar-refractivity contribution is -0.165. The van der Waals surface area contributed by atoms with Gasteiger partial charge < -0.3 is 9.47 Å². The van der Waals surface area contributed by atoms with Crippen LogP contribution in [0, 0.1) is 29.1 Å². The van der Waals surface area contributed by atoms with Crippen LogP contribution in [0.4, 0.5) is 0 Å². The predicted molar refractivity (Wildman–Crippen MR) is 77.6 cm³/mol. The highest BCUT2D eigenvalue weighted by molar-refractivity contribution is 5.98. The van der Waals surface area contributed by atoms with Gasteiger partial charge in [0.15, 0.2) is 5.78 Å². The maximum atomic E-state index is 12.6. The van der Waals surface area contributed by atoms with Gasteiger partial charge in [0.2, 0.25) is 0 Å². The maximum absolute atomic E-state index is 12.6. The molecule has 0 amide bonds. The third-order valence-corrected chi connectivity index (χ3v) is 5.77. The minimum absolute atomic E-state index is 0.000789. The lowest BCUT2D eigenvalue weighted by atomic mass is 9.66. The third-order valence-electron chi connectivity index (χ3n) is 5.77. The number of esters is 2. The Kier molecular flexibility index (Phi) is 3.42. The number of rotatable bonds is 1. The van der Waals surface area contributed by atoms with Gasteiger partial charge in [-0.3, -0.25) is 14.4 Å². The van der Waals surface area contributed by atoms with E-state index in [4.69, 9.17) is 9.47 Å². The van der Waals surface area contributed by atoms with Gasteiger partial charge in [0.05, 0.1) is 11.3 Å². The number of hydrogen-bond acceptors (Lipinski definition) is 5. The third kappa shape index (κ3) is 1.94. The molecule has 0 bridgehead atoms. The first-order valence-electron chi connectivity index (χ1n) is 7.87. The van der Waals surface area contributed by atoms with E-state index in [9.17, 15) is 14.4 Å². The van der Waals surface area contributed by atoms with Crippen LogP contribution in [-0.2, 0) is 23.9 Å². The second-order valence-corrected chi connectivity index (χ2v) is 7.12. The summed E-state index contributed by atoms with van der Waals surface area (Å²) in [5.74, 6) is -1.17. The van der Waals surface area contributed by atoms with Crippen LogP contribution in [0.15, 0.2) is 12.2 Å². The molecule has 0 spiro atoms. The Morgan fingerprint density at radius 2 is 2.05 bits per heavy atom. The zero-order chi connectivity index (χ0) is 16.2. The molecule has 5 heteroatoms. The number of ketones is 1. The first-order chi connectivity index (χ1) is 10.3. The van der Waals surface area contributed by atoms with Gasteiger partial charge in [-0.1, -0.05) is 19.9 Å². The molecule has 2 fully saturated rings. The Balaban J connectivity index is 2.10. The van der Waals surface area contributed by atoms with E-state index in [1.165, 1.54) is 6.92 Å². The van der Waals surface area contributed by atoms with Crippen molar-refractivity contribution in [3.63, 3.8) is 0 Å². The average Bonchev–Trinajstić information content (AvgIpc) is 2.84. The number of ether oxygens (including phenoxy) is 2. The summed E-state index contributed by atoms with van der Waals surface area (Å²) in [6.07, 6.45) is 3.30. The van der Waals surface area contributed by atoms with E-state index in [1.807, 2.05) is 13.0 Å². The monoisotopic (exact) mass is 306 g/mol. The Morgan fingerprint density at radius 1 is 1.36 bits per heavy atom. The molecule has 0 N–H and O–H groups in total. The minimum atomic E-state index is -0.813. The minimum Gasteiger partial charge on any atom is -0.462 e. The zero-order valence-electron chi connectivity index (χ0n) is 13.4. The van der Waals surface area contributed by atoms with Crippen molar-refractivity contribution >= 4 is 17.7 Å². The second kappa shape index (κ2) is 4.93. The van der Waals surface area contributed by atoms with E-state index >= 15 is 0 Å². The van der Waals surface area contributed by atoms with Gasteiger partial charge in [-0.2, -0.15) is 0 Å². The molecule has 0 aromatic heterocycles. The Hall–Kier alpha value is -1.65. The van der Waals surface area contributed by atoms with Crippen LogP contribution in [0.5, 0.6) is 0 Å². The van der Waals surface area contributed by atoms with Crippen molar-refractivity contribution in [2.45, 2.75) is 46.3 Å². The van der Waals surface area contributed by atoms with E-state index < -0.39 is 17.5 Å². The Labute approximate surface area is 130 Å². The first-order valence-corrected chi connectivity index (χ1v) is 7.87. The van der Waals surface area contributed by atoms with Crippen molar-refractivity contribution < 1.29 is 23.9 Å². The molecule has 22 heavy (non-hydrogen) atoms. The quantitative estimate of drug-likeness (QED) is 0.692. The SMILES string of the molecule is CC(=O)OC1[C@H]2[C@@H](C[C@@H](C)[C@@H]3C=CC(=O)[C@@]13C)OC(=O)[C@@H]2C. The highest BCUT2D eigenvalue weighted by Gasteiger charge is 2.62. The standard InChI is InChI=1S/C17H22O5/c1-8-7-12-14(9(2)16(20)22-12)15(21-10(3)18)17(4)11(8)5-6-13(17)19/h5-6,8-9,11-12,14-15H,7H2,1-4H3/t8-,9-,11+,12-,14-,15?,17+/m1/s1. The first kappa shape index (κ1) is 15.3. The molecular formula is C17H22O5. The van der Waals surface area contributed by atoms with Crippen LogP contribution in [0.3, 0.4) is 0 Å². The summed E-state index contributed by atoms with van der Waals surface area (Å²) >= 11 is 0. The molecule has 0 aromatic carbocycles. The lowest BCUT2D eigenvalue weighted by Gasteiger charge is -2.40. The molecule has 0 aromatic rings. The van der Waals surface area contributed by atoms with Crippen LogP contribution in [0.25, 0.3) is 0 Å². The maximum Gasteiger partial charge on any atom is 0.309 e. The molecule has 1 heterocycles. The van der Waals surface area contributed by atoms with Crippen molar-refractivity contribution in [2.75, 3.05) is 0 Å². The molecule has 0 radical (unpaired) electrons. The molecule has 3 aliphatic rings. The molecule has 7 atom stereocenters. The van der Waals surface area contributed by atoms with E-state index in [0.717, 1.165) is 0 Å². The van der Waals surface area contributed by atoms with Gasteiger partial charge >= 0.3 is 11.9 Å². The van der Waals surface area contributed by atoms with Gasteiger partial charge in [-0.15, -0.1) is 0 Å². The van der Waals surface area contributed by atoms with Crippen molar-refractivity contribution in [2.24, 2.45) is 29.1 Å². The lowest BCUT2D eigenvalue weighted by Crippen LogP contribution is -2.50. The average molecular weight is 306 g/mol. The van der Waals surface area contributed by atoms with Crippen LogP contribution in [-0.4, -0.2) is 29.9 Å². The summed E-state index contributed by atoms with van der Waals surface area (Å²) in [6.45, 7) is 7.07. The summed E-state index contributed by atoms with van der Waals surface area (Å²) in [4.78, 5) is 36.2. The van der Waals surface area contributed by atoms with E-state index in [0.29, 0.717) is 6.42 Å². The van der Waals surface area contributed by atoms with Crippen LogP contribution in [0.2, 0.25) is 0 Å². The van der Waals surface area contributed by atoms with Crippen molar-refractivity contribution in [1.29, 1.82) is 0 Å². The van der Waals surface area contributed by atoms with Crippen molar-refractivity contribution in [3.8, 4) is 0 Å². The fourth-order valence-corrected chi connectivity index (χ4v) is 4.61. The number of fused-ring (bicyclic) bond motifs is 2. The molecule has 2 aliphatic carbocycles.